The van der Waals surface area contributed by atoms with Crippen LogP contribution in [0.15, 0.2) is 52.4 Å². The zero-order chi connectivity index (χ0) is 23.0. The molecule has 0 spiro atoms. The van der Waals surface area contributed by atoms with Gasteiger partial charge in [-0.05, 0) is 106 Å². The first-order valence-electron chi connectivity index (χ1n) is 11.5. The number of aryl methyl sites for hydroxylation is 1. The molecule has 1 unspecified atom stereocenters. The van der Waals surface area contributed by atoms with Crippen molar-refractivity contribution < 1.29 is 4.79 Å². The molecule has 1 saturated heterocycles. The van der Waals surface area contributed by atoms with Crippen molar-refractivity contribution in [1.29, 1.82) is 0 Å². The van der Waals surface area contributed by atoms with Crippen molar-refractivity contribution in [2.24, 2.45) is 4.99 Å². The number of aliphatic imine (C=N–C) groups is 1. The highest BCUT2D eigenvalue weighted by Gasteiger charge is 2.36. The highest BCUT2D eigenvalue weighted by atomic mass is 32.2. The van der Waals surface area contributed by atoms with Crippen molar-refractivity contribution >= 4 is 40.3 Å². The van der Waals surface area contributed by atoms with E-state index >= 15 is 0 Å². The Bertz CT molecular complexity index is 1090. The minimum absolute atomic E-state index is 0.0358. The predicted octanol–water partition coefficient (Wildman–Crippen LogP) is 6.73. The Morgan fingerprint density at radius 3 is 2.53 bits per heavy atom. The number of amides is 1. The van der Waals surface area contributed by atoms with Gasteiger partial charge in [-0.1, -0.05) is 25.1 Å². The van der Waals surface area contributed by atoms with Gasteiger partial charge in [0.25, 0.3) is 5.91 Å². The van der Waals surface area contributed by atoms with E-state index in [9.17, 15) is 4.79 Å². The molecule has 4 nitrogen and oxygen atoms in total. The van der Waals surface area contributed by atoms with Crippen LogP contribution in [0.3, 0.4) is 0 Å². The van der Waals surface area contributed by atoms with Crippen LogP contribution in [-0.4, -0.2) is 34.6 Å². The van der Waals surface area contributed by atoms with E-state index < -0.39 is 0 Å². The predicted molar refractivity (Wildman–Crippen MR) is 138 cm³/mol. The van der Waals surface area contributed by atoms with Gasteiger partial charge in [0.1, 0.15) is 0 Å². The molecule has 1 fully saturated rings. The van der Waals surface area contributed by atoms with E-state index in [0.29, 0.717) is 12.5 Å². The summed E-state index contributed by atoms with van der Waals surface area (Å²) in [6, 6.07) is 14.4. The normalized spacial score (nSPS) is 22.7. The molecule has 0 N–H and O–H groups in total. The van der Waals surface area contributed by atoms with E-state index in [1.165, 1.54) is 28.6 Å². The van der Waals surface area contributed by atoms with E-state index in [1.807, 2.05) is 37.3 Å². The summed E-state index contributed by atoms with van der Waals surface area (Å²) in [6.07, 6.45) is 3.18. The summed E-state index contributed by atoms with van der Waals surface area (Å²) in [7, 11) is 0. The second-order valence-corrected chi connectivity index (χ2v) is 10.3. The van der Waals surface area contributed by atoms with Gasteiger partial charge in [0.15, 0.2) is 5.17 Å². The molecule has 2 aromatic carbocycles. The zero-order valence-corrected chi connectivity index (χ0v) is 20.8. The number of hydrogen-bond donors (Lipinski definition) is 0. The molecule has 168 valence electrons. The summed E-state index contributed by atoms with van der Waals surface area (Å²) in [6.45, 7) is 15.0. The number of carbonyl (C=O) groups is 1. The van der Waals surface area contributed by atoms with E-state index in [-0.39, 0.29) is 11.4 Å². The first kappa shape index (κ1) is 22.7. The van der Waals surface area contributed by atoms with E-state index in [1.54, 1.807) is 4.90 Å². The largest absolute Gasteiger partial charge is 0.366 e. The summed E-state index contributed by atoms with van der Waals surface area (Å²) in [5.41, 5.74) is 6.05. The van der Waals surface area contributed by atoms with Gasteiger partial charge < -0.3 is 4.90 Å². The van der Waals surface area contributed by atoms with E-state index in [0.717, 1.165) is 34.3 Å². The number of hydrogen-bond acceptors (Lipinski definition) is 4. The fraction of sp³-hybridized carbons (Fsp3) is 0.407. The maximum Gasteiger partial charge on any atom is 0.266 e. The summed E-state index contributed by atoms with van der Waals surface area (Å²) >= 11 is 1.47. The second kappa shape index (κ2) is 8.78. The van der Waals surface area contributed by atoms with Crippen molar-refractivity contribution in [3.05, 3.63) is 64.1 Å². The summed E-state index contributed by atoms with van der Waals surface area (Å²) in [5.74, 6) is 0.517. The minimum Gasteiger partial charge on any atom is -0.366 e. The molecule has 5 heteroatoms. The third-order valence-electron chi connectivity index (χ3n) is 6.56. The maximum atomic E-state index is 13.1. The topological polar surface area (TPSA) is 35.9 Å². The fourth-order valence-corrected chi connectivity index (χ4v) is 6.08. The monoisotopic (exact) mass is 447 g/mol. The molecular weight excluding hydrogens is 414 g/mol. The molecule has 1 atom stereocenters. The lowest BCUT2D eigenvalue weighted by Crippen LogP contribution is -2.48. The standard InChI is InChI=1S/C27H33N3OS/c1-7-29-25(31)24(32-26(29)28-21-12-10-9-11-13-21)16-20-15-22-19(4)17-27(5,6)30(8-2)23(22)14-18(20)3/h9-16,19H,7-8,17H2,1-6H3/b24-16-,28-26?. The van der Waals surface area contributed by atoms with Crippen LogP contribution in [0.2, 0.25) is 0 Å². The lowest BCUT2D eigenvalue weighted by molar-refractivity contribution is -0.122. The molecule has 0 bridgehead atoms. The van der Waals surface area contributed by atoms with Crippen LogP contribution in [-0.2, 0) is 4.79 Å². The fourth-order valence-electron chi connectivity index (χ4n) is 5.03. The van der Waals surface area contributed by atoms with E-state index in [4.69, 9.17) is 4.99 Å². The summed E-state index contributed by atoms with van der Waals surface area (Å²) < 4.78 is 0. The van der Waals surface area contributed by atoms with Crippen molar-refractivity contribution in [3.8, 4) is 0 Å². The third-order valence-corrected chi connectivity index (χ3v) is 7.57. The van der Waals surface area contributed by atoms with Gasteiger partial charge in [0.05, 0.1) is 10.6 Å². The first-order valence-corrected chi connectivity index (χ1v) is 12.3. The Morgan fingerprint density at radius 2 is 1.88 bits per heavy atom. The van der Waals surface area contributed by atoms with Crippen LogP contribution in [0.5, 0.6) is 0 Å². The summed E-state index contributed by atoms with van der Waals surface area (Å²) in [4.78, 5) is 22.9. The lowest BCUT2D eigenvalue weighted by atomic mass is 9.79. The van der Waals surface area contributed by atoms with Gasteiger partial charge in [0.2, 0.25) is 0 Å². The second-order valence-electron chi connectivity index (χ2n) is 9.32. The molecule has 0 saturated carbocycles. The van der Waals surface area contributed by atoms with Crippen LogP contribution in [0.1, 0.15) is 63.6 Å². The average molecular weight is 448 g/mol. The molecule has 0 radical (unpaired) electrons. The van der Waals surface area contributed by atoms with Crippen molar-refractivity contribution in [1.82, 2.24) is 4.90 Å². The number of thioether (sulfide) groups is 1. The van der Waals surface area contributed by atoms with Gasteiger partial charge in [-0.3, -0.25) is 9.69 Å². The van der Waals surface area contributed by atoms with Crippen molar-refractivity contribution in [3.63, 3.8) is 0 Å². The number of para-hydroxylation sites is 1. The molecule has 2 aliphatic rings. The Morgan fingerprint density at radius 1 is 1.16 bits per heavy atom. The Balaban J connectivity index is 1.72. The average Bonchev–Trinajstić information content (AvgIpc) is 3.03. The summed E-state index contributed by atoms with van der Waals surface area (Å²) in [5, 5.41) is 0.748. The van der Waals surface area contributed by atoms with E-state index in [2.05, 4.69) is 57.7 Å². The van der Waals surface area contributed by atoms with Crippen LogP contribution >= 0.6 is 11.8 Å². The Hall–Kier alpha value is -2.53. The Labute approximate surface area is 196 Å². The quantitative estimate of drug-likeness (QED) is 0.487. The molecular formula is C27H33N3OS. The number of anilines is 1. The van der Waals surface area contributed by atoms with Crippen LogP contribution in [0.4, 0.5) is 11.4 Å². The van der Waals surface area contributed by atoms with Crippen LogP contribution in [0.25, 0.3) is 6.08 Å². The molecule has 4 rings (SSSR count). The van der Waals surface area contributed by atoms with Gasteiger partial charge in [-0.25, -0.2) is 4.99 Å². The van der Waals surface area contributed by atoms with Crippen molar-refractivity contribution in [2.75, 3.05) is 18.0 Å². The number of fused-ring (bicyclic) bond motifs is 1. The highest BCUT2D eigenvalue weighted by Crippen LogP contribution is 2.45. The van der Waals surface area contributed by atoms with Gasteiger partial charge >= 0.3 is 0 Å². The molecule has 0 aromatic heterocycles. The molecule has 2 aliphatic heterocycles. The van der Waals surface area contributed by atoms with Crippen molar-refractivity contribution in [2.45, 2.75) is 59.4 Å². The number of nitrogens with zero attached hydrogens (tertiary/aromatic N) is 3. The van der Waals surface area contributed by atoms with Gasteiger partial charge in [-0.15, -0.1) is 0 Å². The first-order chi connectivity index (χ1) is 15.2. The smallest absolute Gasteiger partial charge is 0.266 e. The number of amidine groups is 1. The third kappa shape index (κ3) is 4.11. The van der Waals surface area contributed by atoms with Gasteiger partial charge in [0, 0.05) is 24.3 Å². The molecule has 32 heavy (non-hydrogen) atoms. The Kier molecular flexibility index (Phi) is 6.22. The lowest BCUT2D eigenvalue weighted by Gasteiger charge is -2.47. The molecule has 0 aliphatic carbocycles. The molecule has 2 aromatic rings. The maximum absolute atomic E-state index is 13.1. The molecule has 1 amide bonds. The number of rotatable bonds is 4. The number of benzene rings is 2. The zero-order valence-electron chi connectivity index (χ0n) is 20.0. The molecule has 2 heterocycles. The van der Waals surface area contributed by atoms with Crippen LogP contribution in [0, 0.1) is 6.92 Å². The number of likely N-dealkylation sites (N-methyl/N-ethyl adjacent to an activating group) is 1. The minimum atomic E-state index is 0.0358. The van der Waals surface area contributed by atoms with Gasteiger partial charge in [-0.2, -0.15) is 0 Å². The van der Waals surface area contributed by atoms with Crippen LogP contribution < -0.4 is 4.90 Å². The number of carbonyl (C=O) groups excluding carboxylic acids is 1. The SMILES string of the molecule is CCN1C(=O)/C(=C/c2cc3c(cc2C)N(CC)C(C)(C)CC3C)SC1=Nc1ccccc1. The highest BCUT2D eigenvalue weighted by molar-refractivity contribution is 8.18.